The molecule has 1 saturated heterocycles. The predicted octanol–water partition coefficient (Wildman–Crippen LogP) is 3.44. The van der Waals surface area contributed by atoms with Gasteiger partial charge in [-0.15, -0.1) is 0 Å². The average Bonchev–Trinajstić information content (AvgIpc) is 3.19. The zero-order valence-corrected chi connectivity index (χ0v) is 17.1. The van der Waals surface area contributed by atoms with Crippen LogP contribution in [0.5, 0.6) is 0 Å². The van der Waals surface area contributed by atoms with Crippen LogP contribution in [0.3, 0.4) is 0 Å². The van der Waals surface area contributed by atoms with Gasteiger partial charge < -0.3 is 15.2 Å². The lowest BCUT2D eigenvalue weighted by Gasteiger charge is -2.46. The summed E-state index contributed by atoms with van der Waals surface area (Å²) < 4.78 is 11.7. The van der Waals surface area contributed by atoms with Crippen molar-refractivity contribution < 1.29 is 19.1 Å². The van der Waals surface area contributed by atoms with Gasteiger partial charge in [0.1, 0.15) is 12.2 Å². The number of carbonyl (C=O) groups is 2. The normalized spacial score (nSPS) is 37.2. The molecule has 0 aromatic heterocycles. The van der Waals surface area contributed by atoms with Crippen LogP contribution in [0.25, 0.3) is 0 Å². The van der Waals surface area contributed by atoms with Crippen molar-refractivity contribution in [2.45, 2.75) is 91.4 Å². The highest BCUT2D eigenvalue weighted by Gasteiger charge is 2.64. The van der Waals surface area contributed by atoms with Gasteiger partial charge in [0.2, 0.25) is 0 Å². The molecule has 2 saturated carbocycles. The third kappa shape index (κ3) is 2.87. The van der Waals surface area contributed by atoms with E-state index in [2.05, 4.69) is 27.7 Å². The molecule has 148 valence electrons. The minimum absolute atomic E-state index is 0.0332. The lowest BCUT2D eigenvalue weighted by Crippen LogP contribution is -2.52. The van der Waals surface area contributed by atoms with Gasteiger partial charge in [-0.05, 0) is 51.4 Å². The van der Waals surface area contributed by atoms with Crippen LogP contribution in [0.4, 0.5) is 0 Å². The molecule has 0 aromatic rings. The van der Waals surface area contributed by atoms with E-state index in [1.807, 2.05) is 13.8 Å². The maximum atomic E-state index is 13.4. The molecule has 3 fully saturated rings. The monoisotopic (exact) mass is 365 g/mol. The van der Waals surface area contributed by atoms with E-state index in [4.69, 9.17) is 15.2 Å². The summed E-state index contributed by atoms with van der Waals surface area (Å²) in [7, 11) is 0. The summed E-state index contributed by atoms with van der Waals surface area (Å²) in [6, 6.07) is 0. The Labute approximate surface area is 157 Å². The summed E-state index contributed by atoms with van der Waals surface area (Å²) in [6.45, 7) is 12.4. The summed E-state index contributed by atoms with van der Waals surface area (Å²) in [5, 5.41) is 0. The van der Waals surface area contributed by atoms with Crippen molar-refractivity contribution in [2.24, 2.45) is 34.3 Å². The fourth-order valence-corrected chi connectivity index (χ4v) is 5.23. The molecule has 0 aromatic carbocycles. The molecule has 2 aliphatic carbocycles. The summed E-state index contributed by atoms with van der Waals surface area (Å²) in [6.07, 6.45) is 3.45. The average molecular weight is 366 g/mol. The summed E-state index contributed by atoms with van der Waals surface area (Å²) in [5.74, 6) is 0.247. The van der Waals surface area contributed by atoms with Crippen molar-refractivity contribution in [1.82, 2.24) is 0 Å². The van der Waals surface area contributed by atoms with E-state index >= 15 is 0 Å². The fraction of sp³-hybridized carbons (Fsp3) is 0.905. The minimum atomic E-state index is -0.689. The number of nitrogens with two attached hydrogens (primary N) is 1. The minimum Gasteiger partial charge on any atom is -0.458 e. The highest BCUT2D eigenvalue weighted by Crippen LogP contribution is 2.56. The number of ether oxygens (including phenoxy) is 2. The van der Waals surface area contributed by atoms with Gasteiger partial charge in [0.15, 0.2) is 0 Å². The maximum Gasteiger partial charge on any atom is 0.312 e. The first-order valence-corrected chi connectivity index (χ1v) is 10.2. The van der Waals surface area contributed by atoms with Crippen molar-refractivity contribution in [3.8, 4) is 0 Å². The Morgan fingerprint density at radius 1 is 1.19 bits per heavy atom. The van der Waals surface area contributed by atoms with Crippen LogP contribution < -0.4 is 5.73 Å². The van der Waals surface area contributed by atoms with Crippen molar-refractivity contribution >= 4 is 11.9 Å². The second-order valence-corrected chi connectivity index (χ2v) is 10.0. The number of hydrogen-bond donors (Lipinski definition) is 1. The summed E-state index contributed by atoms with van der Waals surface area (Å²) >= 11 is 0. The SMILES string of the molecule is CCC(C)(N)CC(C)(C(=O)OC1C2CC3C(=O)OC1C3C2)C(C)(C)CC. The molecule has 0 spiro atoms. The molecule has 5 heteroatoms. The Bertz CT molecular complexity index is 599. The van der Waals surface area contributed by atoms with Gasteiger partial charge in [-0.3, -0.25) is 9.59 Å². The molecule has 0 radical (unpaired) electrons. The van der Waals surface area contributed by atoms with Crippen LogP contribution in [0.15, 0.2) is 0 Å². The molecule has 2 bridgehead atoms. The molecule has 5 nitrogen and oxygen atoms in total. The first-order valence-electron chi connectivity index (χ1n) is 10.2. The van der Waals surface area contributed by atoms with E-state index in [1.54, 1.807) is 0 Å². The van der Waals surface area contributed by atoms with E-state index in [-0.39, 0.29) is 47.3 Å². The van der Waals surface area contributed by atoms with Crippen molar-refractivity contribution in [2.75, 3.05) is 0 Å². The highest BCUT2D eigenvalue weighted by molar-refractivity contribution is 5.79. The largest absolute Gasteiger partial charge is 0.458 e. The van der Waals surface area contributed by atoms with Gasteiger partial charge in [0.25, 0.3) is 0 Å². The number of carbonyl (C=O) groups excluding carboxylic acids is 2. The van der Waals surface area contributed by atoms with Gasteiger partial charge in [-0.1, -0.05) is 27.7 Å². The topological polar surface area (TPSA) is 78.6 Å². The van der Waals surface area contributed by atoms with Gasteiger partial charge in [0.05, 0.1) is 11.3 Å². The molecular formula is C21H35NO4. The lowest BCUT2D eigenvalue weighted by atomic mass is 9.60. The first kappa shape index (κ1) is 19.7. The zero-order chi connectivity index (χ0) is 19.5. The number of hydrogen-bond acceptors (Lipinski definition) is 5. The van der Waals surface area contributed by atoms with Crippen LogP contribution in [-0.4, -0.2) is 29.7 Å². The first-order chi connectivity index (χ1) is 12.0. The van der Waals surface area contributed by atoms with E-state index in [9.17, 15) is 9.59 Å². The molecule has 7 atom stereocenters. The summed E-state index contributed by atoms with van der Waals surface area (Å²) in [4.78, 5) is 25.4. The van der Waals surface area contributed by atoms with E-state index < -0.39 is 11.0 Å². The maximum absolute atomic E-state index is 13.4. The molecule has 26 heavy (non-hydrogen) atoms. The second kappa shape index (κ2) is 6.22. The van der Waals surface area contributed by atoms with E-state index in [1.165, 1.54) is 0 Å². The molecular weight excluding hydrogens is 330 g/mol. The Morgan fingerprint density at radius 3 is 2.42 bits per heavy atom. The third-order valence-electron chi connectivity index (χ3n) is 8.05. The van der Waals surface area contributed by atoms with Crippen molar-refractivity contribution in [3.05, 3.63) is 0 Å². The molecule has 2 N–H and O–H groups in total. The molecule has 1 heterocycles. The van der Waals surface area contributed by atoms with Crippen molar-refractivity contribution in [3.63, 3.8) is 0 Å². The Morgan fingerprint density at radius 2 is 1.85 bits per heavy atom. The fourth-order valence-electron chi connectivity index (χ4n) is 5.23. The molecule has 1 aliphatic heterocycles. The molecule has 3 aliphatic rings. The van der Waals surface area contributed by atoms with Crippen LogP contribution in [0, 0.1) is 28.6 Å². The van der Waals surface area contributed by atoms with Crippen LogP contribution in [-0.2, 0) is 19.1 Å². The van der Waals surface area contributed by atoms with Gasteiger partial charge in [-0.2, -0.15) is 0 Å². The van der Waals surface area contributed by atoms with Crippen LogP contribution >= 0.6 is 0 Å². The third-order valence-corrected chi connectivity index (χ3v) is 8.05. The molecule has 3 rings (SSSR count). The van der Waals surface area contributed by atoms with Crippen molar-refractivity contribution in [1.29, 1.82) is 0 Å². The van der Waals surface area contributed by atoms with Gasteiger partial charge in [-0.25, -0.2) is 0 Å². The number of rotatable bonds is 7. The van der Waals surface area contributed by atoms with Crippen LogP contribution in [0.2, 0.25) is 0 Å². The quantitative estimate of drug-likeness (QED) is 0.699. The van der Waals surface area contributed by atoms with Gasteiger partial charge in [0, 0.05) is 17.4 Å². The standard InChI is InChI=1S/C21H35NO4/c1-7-19(3,4)21(6,11-20(5,22)8-2)18(24)26-15-12-9-13-14(10-12)17(23)25-16(13)15/h12-16H,7-11,22H2,1-6H3. The Kier molecular flexibility index (Phi) is 4.70. The lowest BCUT2D eigenvalue weighted by molar-refractivity contribution is -0.180. The number of esters is 2. The van der Waals surface area contributed by atoms with E-state index in [0.29, 0.717) is 6.42 Å². The summed E-state index contributed by atoms with van der Waals surface area (Å²) in [5.41, 5.74) is 5.10. The van der Waals surface area contributed by atoms with Crippen LogP contribution in [0.1, 0.15) is 73.6 Å². The molecule has 7 unspecified atom stereocenters. The highest BCUT2D eigenvalue weighted by atomic mass is 16.6. The zero-order valence-electron chi connectivity index (χ0n) is 17.1. The predicted molar refractivity (Wildman–Crippen MR) is 99.1 cm³/mol. The Hall–Kier alpha value is -1.10. The Balaban J connectivity index is 1.82. The van der Waals surface area contributed by atoms with E-state index in [0.717, 1.165) is 25.7 Å². The van der Waals surface area contributed by atoms with Gasteiger partial charge >= 0.3 is 11.9 Å². The second-order valence-electron chi connectivity index (χ2n) is 10.0. The molecule has 0 amide bonds. The number of fused-ring (bicyclic) bond motifs is 1. The smallest absolute Gasteiger partial charge is 0.312 e.